The van der Waals surface area contributed by atoms with Crippen LogP contribution in [0.25, 0.3) is 0 Å². The van der Waals surface area contributed by atoms with Gasteiger partial charge in [-0.1, -0.05) is 15.9 Å². The molecule has 1 atom stereocenters. The number of rotatable bonds is 2. The van der Waals surface area contributed by atoms with Crippen LogP contribution in [-0.4, -0.2) is 21.4 Å². The van der Waals surface area contributed by atoms with E-state index in [9.17, 15) is 13.2 Å². The summed E-state index contributed by atoms with van der Waals surface area (Å²) >= 11 is 3.30. The third kappa shape index (κ3) is 2.82. The van der Waals surface area contributed by atoms with E-state index in [0.717, 1.165) is 4.47 Å². The third-order valence-corrected chi connectivity index (χ3v) is 4.09. The van der Waals surface area contributed by atoms with Gasteiger partial charge in [0.05, 0.1) is 13.2 Å². The van der Waals surface area contributed by atoms with Crippen LogP contribution in [0.1, 0.15) is 18.0 Å². The Balaban J connectivity index is 2.42. The normalized spacial score (nSPS) is 22.3. The van der Waals surface area contributed by atoms with Gasteiger partial charge in [0.15, 0.2) is 0 Å². The molecule has 1 aliphatic rings. The molecule has 0 saturated carbocycles. The molecule has 1 aromatic rings. The zero-order valence-corrected chi connectivity index (χ0v) is 11.8. The highest BCUT2D eigenvalue weighted by Crippen LogP contribution is 2.31. The van der Waals surface area contributed by atoms with E-state index >= 15 is 0 Å². The first-order valence-corrected chi connectivity index (χ1v) is 7.35. The fourth-order valence-corrected chi connectivity index (χ4v) is 3.19. The molecular weight excluding hydrogens is 324 g/mol. The zero-order valence-electron chi connectivity index (χ0n) is 9.44. The van der Waals surface area contributed by atoms with Gasteiger partial charge in [-0.05, 0) is 18.2 Å². The van der Waals surface area contributed by atoms with Crippen LogP contribution in [0.3, 0.4) is 0 Å². The number of hydrogen-bond donors (Lipinski definition) is 2. The molecule has 2 rings (SSSR count). The summed E-state index contributed by atoms with van der Waals surface area (Å²) in [5.74, 6) is -0.0126. The van der Waals surface area contributed by atoms with Gasteiger partial charge in [-0.25, -0.2) is 4.72 Å². The summed E-state index contributed by atoms with van der Waals surface area (Å²) in [6, 6.07) is 4.58. The number of carbonyl (C=O) groups is 1. The molecule has 18 heavy (non-hydrogen) atoms. The lowest BCUT2D eigenvalue weighted by Gasteiger charge is -2.25. The van der Waals surface area contributed by atoms with Crippen LogP contribution in [0.2, 0.25) is 0 Å². The standard InChI is InChI=1S/C10H11BrN2O4S/c1-17-9-3-2-6(11)4-7(9)8-5-10(14)13-18(15,16)12-8/h2-4,8,12H,5H2,1H3,(H,13,14). The Morgan fingerprint density at radius 1 is 1.44 bits per heavy atom. The lowest BCUT2D eigenvalue weighted by Crippen LogP contribution is -2.48. The van der Waals surface area contributed by atoms with Crippen molar-refractivity contribution in [2.75, 3.05) is 7.11 Å². The average molecular weight is 335 g/mol. The van der Waals surface area contributed by atoms with Crippen LogP contribution >= 0.6 is 15.9 Å². The van der Waals surface area contributed by atoms with Crippen LogP contribution in [-0.2, 0) is 15.0 Å². The van der Waals surface area contributed by atoms with E-state index in [1.807, 2.05) is 4.72 Å². The maximum atomic E-state index is 11.4. The summed E-state index contributed by atoms with van der Waals surface area (Å²) in [6.45, 7) is 0. The second-order valence-electron chi connectivity index (χ2n) is 3.79. The van der Waals surface area contributed by atoms with Crippen molar-refractivity contribution in [3.05, 3.63) is 28.2 Å². The minimum Gasteiger partial charge on any atom is -0.496 e. The maximum absolute atomic E-state index is 11.4. The topological polar surface area (TPSA) is 84.5 Å². The van der Waals surface area contributed by atoms with E-state index in [1.54, 1.807) is 18.2 Å². The van der Waals surface area contributed by atoms with E-state index in [-0.39, 0.29) is 6.42 Å². The number of nitrogens with one attached hydrogen (secondary N) is 2. The van der Waals surface area contributed by atoms with E-state index in [1.165, 1.54) is 7.11 Å². The summed E-state index contributed by atoms with van der Waals surface area (Å²) in [5.41, 5.74) is 0.616. The van der Waals surface area contributed by atoms with Crippen molar-refractivity contribution in [2.45, 2.75) is 12.5 Å². The number of ether oxygens (including phenoxy) is 1. The summed E-state index contributed by atoms with van der Waals surface area (Å²) < 4.78 is 33.1. The molecule has 1 aliphatic heterocycles. The van der Waals surface area contributed by atoms with E-state index in [4.69, 9.17) is 4.74 Å². The molecule has 0 aliphatic carbocycles. The number of carbonyl (C=O) groups excluding carboxylic acids is 1. The van der Waals surface area contributed by atoms with Crippen LogP contribution in [0, 0.1) is 0 Å². The van der Waals surface area contributed by atoms with Crippen molar-refractivity contribution in [1.29, 1.82) is 0 Å². The smallest absolute Gasteiger partial charge is 0.301 e. The first kappa shape index (κ1) is 13.3. The largest absolute Gasteiger partial charge is 0.496 e. The fourth-order valence-electron chi connectivity index (χ4n) is 1.79. The van der Waals surface area contributed by atoms with Gasteiger partial charge in [0, 0.05) is 16.5 Å². The maximum Gasteiger partial charge on any atom is 0.301 e. The van der Waals surface area contributed by atoms with Crippen LogP contribution in [0.5, 0.6) is 5.75 Å². The summed E-state index contributed by atoms with van der Waals surface area (Å²) in [6.07, 6.45) is 0.0338. The molecular formula is C10H11BrN2O4S. The van der Waals surface area contributed by atoms with E-state index in [0.29, 0.717) is 11.3 Å². The lowest BCUT2D eigenvalue weighted by atomic mass is 10.0. The molecule has 2 N–H and O–H groups in total. The minimum atomic E-state index is -3.79. The summed E-state index contributed by atoms with van der Waals surface area (Å²) in [4.78, 5) is 11.4. The van der Waals surface area contributed by atoms with Gasteiger partial charge >= 0.3 is 10.2 Å². The van der Waals surface area contributed by atoms with Gasteiger partial charge in [0.1, 0.15) is 5.75 Å². The predicted octanol–water partition coefficient (Wildman–Crippen LogP) is 0.853. The number of hydrogen-bond acceptors (Lipinski definition) is 4. The Labute approximate surface area is 113 Å². The minimum absolute atomic E-state index is 0.0338. The quantitative estimate of drug-likeness (QED) is 0.839. The highest BCUT2D eigenvalue weighted by Gasteiger charge is 2.31. The SMILES string of the molecule is COc1ccc(Br)cc1C1CC(=O)NS(=O)(=O)N1. The van der Waals surface area contributed by atoms with Crippen LogP contribution in [0.4, 0.5) is 0 Å². The highest BCUT2D eigenvalue weighted by molar-refractivity contribution is 9.10. The predicted molar refractivity (Wildman–Crippen MR) is 68.3 cm³/mol. The molecule has 98 valence electrons. The van der Waals surface area contributed by atoms with Gasteiger partial charge in [0.25, 0.3) is 0 Å². The van der Waals surface area contributed by atoms with Crippen molar-refractivity contribution >= 4 is 32.0 Å². The first-order valence-electron chi connectivity index (χ1n) is 5.07. The lowest BCUT2D eigenvalue weighted by molar-refractivity contribution is -0.120. The van der Waals surface area contributed by atoms with Crippen molar-refractivity contribution in [3.8, 4) is 5.75 Å². The molecule has 1 aromatic carbocycles. The Kier molecular flexibility index (Phi) is 3.60. The van der Waals surface area contributed by atoms with Crippen molar-refractivity contribution in [2.24, 2.45) is 0 Å². The first-order chi connectivity index (χ1) is 8.41. The zero-order chi connectivity index (χ0) is 13.3. The van der Waals surface area contributed by atoms with Crippen molar-refractivity contribution < 1.29 is 17.9 Å². The third-order valence-electron chi connectivity index (χ3n) is 2.50. The van der Waals surface area contributed by atoms with Gasteiger partial charge in [-0.2, -0.15) is 13.1 Å². The second-order valence-corrected chi connectivity index (χ2v) is 6.15. The molecule has 1 heterocycles. The van der Waals surface area contributed by atoms with Crippen LogP contribution < -0.4 is 14.2 Å². The molecule has 1 unspecified atom stereocenters. The molecule has 1 fully saturated rings. The molecule has 8 heteroatoms. The summed E-state index contributed by atoms with van der Waals surface area (Å²) in [7, 11) is -2.30. The molecule has 6 nitrogen and oxygen atoms in total. The highest BCUT2D eigenvalue weighted by atomic mass is 79.9. The number of amides is 1. The monoisotopic (exact) mass is 334 g/mol. The van der Waals surface area contributed by atoms with Crippen molar-refractivity contribution in [3.63, 3.8) is 0 Å². The Bertz CT molecular complexity index is 588. The Hall–Kier alpha value is -1.12. The number of methoxy groups -OCH3 is 1. The molecule has 1 amide bonds. The van der Waals surface area contributed by atoms with Gasteiger partial charge in [-0.15, -0.1) is 0 Å². The Morgan fingerprint density at radius 3 is 2.78 bits per heavy atom. The van der Waals surface area contributed by atoms with Crippen LogP contribution in [0.15, 0.2) is 22.7 Å². The summed E-state index contributed by atoms with van der Waals surface area (Å²) in [5, 5.41) is 0. The van der Waals surface area contributed by atoms with Gasteiger partial charge in [-0.3, -0.25) is 4.79 Å². The fraction of sp³-hybridized carbons (Fsp3) is 0.300. The number of halogens is 1. The second kappa shape index (κ2) is 4.87. The Morgan fingerprint density at radius 2 is 2.17 bits per heavy atom. The van der Waals surface area contributed by atoms with Gasteiger partial charge in [0.2, 0.25) is 5.91 Å². The molecule has 0 bridgehead atoms. The van der Waals surface area contributed by atoms with E-state index < -0.39 is 22.2 Å². The van der Waals surface area contributed by atoms with Gasteiger partial charge < -0.3 is 4.74 Å². The molecule has 0 radical (unpaired) electrons. The number of benzene rings is 1. The van der Waals surface area contributed by atoms with E-state index in [2.05, 4.69) is 20.7 Å². The average Bonchev–Trinajstić information content (AvgIpc) is 2.26. The molecule has 0 spiro atoms. The molecule has 0 aromatic heterocycles. The van der Waals surface area contributed by atoms with Crippen molar-refractivity contribution in [1.82, 2.24) is 9.44 Å². The molecule has 1 saturated heterocycles.